The van der Waals surface area contributed by atoms with Crippen molar-refractivity contribution < 1.29 is 28.5 Å². The lowest BCUT2D eigenvalue weighted by molar-refractivity contribution is -0.144. The highest BCUT2D eigenvalue weighted by atomic mass is 16.5. The lowest BCUT2D eigenvalue weighted by Gasteiger charge is -2.37. The molecule has 1 heterocycles. The average Bonchev–Trinajstić information content (AvgIpc) is 2.78. The van der Waals surface area contributed by atoms with Crippen molar-refractivity contribution in [3.8, 4) is 17.2 Å². The molecule has 0 spiro atoms. The zero-order valence-electron chi connectivity index (χ0n) is 18.7. The number of hydrogen-bond donors (Lipinski definition) is 0. The number of esters is 1. The maximum atomic E-state index is 13.1. The van der Waals surface area contributed by atoms with Crippen molar-refractivity contribution in [3.05, 3.63) is 52.6 Å². The van der Waals surface area contributed by atoms with Crippen LogP contribution in [0.15, 0.2) is 30.3 Å². The molecule has 7 nitrogen and oxygen atoms in total. The van der Waals surface area contributed by atoms with Crippen LogP contribution in [0, 0.1) is 13.8 Å². The molecule has 1 aliphatic rings. The number of benzene rings is 2. The molecule has 0 N–H and O–H groups in total. The van der Waals surface area contributed by atoms with Crippen LogP contribution in [0.25, 0.3) is 0 Å². The summed E-state index contributed by atoms with van der Waals surface area (Å²) in [6.45, 7) is 4.39. The largest absolute Gasteiger partial charge is 0.493 e. The molecule has 1 aliphatic heterocycles. The van der Waals surface area contributed by atoms with Gasteiger partial charge in [-0.1, -0.05) is 6.07 Å². The number of amides is 1. The zero-order valence-corrected chi connectivity index (χ0v) is 18.7. The van der Waals surface area contributed by atoms with E-state index in [2.05, 4.69) is 0 Å². The summed E-state index contributed by atoms with van der Waals surface area (Å²) >= 11 is 0. The molecule has 0 saturated heterocycles. The van der Waals surface area contributed by atoms with Gasteiger partial charge in [-0.15, -0.1) is 0 Å². The van der Waals surface area contributed by atoms with Gasteiger partial charge in [0.2, 0.25) is 0 Å². The van der Waals surface area contributed by atoms with Gasteiger partial charge in [0, 0.05) is 6.54 Å². The zero-order chi connectivity index (χ0) is 22.5. The van der Waals surface area contributed by atoms with Crippen molar-refractivity contribution in [1.29, 1.82) is 0 Å². The molecule has 0 fully saturated rings. The number of carbonyl (C=O) groups excluding carboxylic acids is 2. The molecule has 1 amide bonds. The molecule has 3 rings (SSSR count). The van der Waals surface area contributed by atoms with E-state index in [4.69, 9.17) is 18.9 Å². The van der Waals surface area contributed by atoms with E-state index in [1.165, 1.54) is 7.11 Å². The molecule has 2 aromatic carbocycles. The van der Waals surface area contributed by atoms with Crippen LogP contribution in [0.5, 0.6) is 17.2 Å². The molecule has 0 bridgehead atoms. The van der Waals surface area contributed by atoms with E-state index < -0.39 is 6.04 Å². The highest BCUT2D eigenvalue weighted by Crippen LogP contribution is 2.39. The Bertz CT molecular complexity index is 971. The molecule has 31 heavy (non-hydrogen) atoms. The molecule has 0 radical (unpaired) electrons. The van der Waals surface area contributed by atoms with Gasteiger partial charge in [0.1, 0.15) is 5.75 Å². The van der Waals surface area contributed by atoms with E-state index >= 15 is 0 Å². The van der Waals surface area contributed by atoms with Crippen LogP contribution in [0.2, 0.25) is 0 Å². The smallest absolute Gasteiger partial charge is 0.307 e. The highest BCUT2D eigenvalue weighted by molar-refractivity contribution is 5.80. The molecule has 1 atom stereocenters. The van der Waals surface area contributed by atoms with Crippen LogP contribution in [0.1, 0.15) is 34.7 Å². The number of methoxy groups -OCH3 is 3. The van der Waals surface area contributed by atoms with Gasteiger partial charge in [0.15, 0.2) is 18.1 Å². The van der Waals surface area contributed by atoms with Crippen LogP contribution in [-0.4, -0.2) is 51.3 Å². The lowest BCUT2D eigenvalue weighted by Crippen LogP contribution is -2.43. The fourth-order valence-electron chi connectivity index (χ4n) is 3.82. The third kappa shape index (κ3) is 4.93. The Labute approximate surface area is 182 Å². The molecule has 0 aliphatic carbocycles. The summed E-state index contributed by atoms with van der Waals surface area (Å²) in [5, 5.41) is 0. The van der Waals surface area contributed by atoms with Gasteiger partial charge in [-0.3, -0.25) is 9.59 Å². The lowest BCUT2D eigenvalue weighted by atomic mass is 9.90. The molecule has 2 aromatic rings. The molecule has 0 aromatic heterocycles. The third-order valence-electron chi connectivity index (χ3n) is 5.75. The van der Waals surface area contributed by atoms with Crippen molar-refractivity contribution in [1.82, 2.24) is 4.90 Å². The Morgan fingerprint density at radius 3 is 2.35 bits per heavy atom. The van der Waals surface area contributed by atoms with Crippen molar-refractivity contribution >= 4 is 11.9 Å². The number of ether oxygens (including phenoxy) is 4. The fourth-order valence-corrected chi connectivity index (χ4v) is 3.82. The maximum Gasteiger partial charge on any atom is 0.307 e. The summed E-state index contributed by atoms with van der Waals surface area (Å²) in [5.41, 5.74) is 4.13. The number of nitrogens with zero attached hydrogens (tertiary/aromatic N) is 1. The molecule has 166 valence electrons. The summed E-state index contributed by atoms with van der Waals surface area (Å²) in [6.07, 6.45) is 0.692. The van der Waals surface area contributed by atoms with Crippen LogP contribution in [0.4, 0.5) is 0 Å². The first-order valence-electron chi connectivity index (χ1n) is 10.2. The Kier molecular flexibility index (Phi) is 7.05. The van der Waals surface area contributed by atoms with Gasteiger partial charge >= 0.3 is 5.97 Å². The SMILES string of the molecule is COC(=O)C[C@H]1c2cc(OC)c(OC)cc2CCN1C(=O)COc1ccc(C)c(C)c1. The van der Waals surface area contributed by atoms with E-state index in [0.29, 0.717) is 30.2 Å². The first-order chi connectivity index (χ1) is 14.9. The van der Waals surface area contributed by atoms with Crippen LogP contribution in [0.3, 0.4) is 0 Å². The van der Waals surface area contributed by atoms with Gasteiger partial charge in [-0.2, -0.15) is 0 Å². The average molecular weight is 427 g/mol. The Hall–Kier alpha value is -3.22. The molecule has 7 heteroatoms. The van der Waals surface area contributed by atoms with Crippen LogP contribution < -0.4 is 14.2 Å². The van der Waals surface area contributed by atoms with Gasteiger partial charge < -0.3 is 23.8 Å². The topological polar surface area (TPSA) is 74.3 Å². The quantitative estimate of drug-likeness (QED) is 0.631. The van der Waals surface area contributed by atoms with Crippen molar-refractivity contribution in [2.45, 2.75) is 32.7 Å². The second-order valence-corrected chi connectivity index (χ2v) is 7.57. The Morgan fingerprint density at radius 2 is 1.71 bits per heavy atom. The summed E-state index contributed by atoms with van der Waals surface area (Å²) < 4.78 is 21.5. The standard InChI is InChI=1S/C24H29NO6/c1-15-6-7-18(10-16(15)2)31-14-23(26)25-9-8-17-11-21(28-3)22(29-4)12-19(17)20(25)13-24(27)30-5/h6-7,10-12,20H,8-9,13-14H2,1-5H3/t20-/m0/s1. The third-order valence-corrected chi connectivity index (χ3v) is 5.75. The molecular formula is C24H29NO6. The van der Waals surface area contributed by atoms with Gasteiger partial charge in [-0.05, 0) is 66.8 Å². The predicted octanol–water partition coefficient (Wildman–Crippen LogP) is 3.39. The van der Waals surface area contributed by atoms with Gasteiger partial charge in [-0.25, -0.2) is 0 Å². The van der Waals surface area contributed by atoms with Crippen molar-refractivity contribution in [3.63, 3.8) is 0 Å². The van der Waals surface area contributed by atoms with E-state index in [0.717, 1.165) is 22.3 Å². The molecule has 0 saturated carbocycles. The minimum absolute atomic E-state index is 0.0500. The number of rotatable bonds is 7. The number of carbonyl (C=O) groups is 2. The van der Waals surface area contributed by atoms with Crippen LogP contribution in [-0.2, 0) is 20.7 Å². The fraction of sp³-hybridized carbons (Fsp3) is 0.417. The first-order valence-corrected chi connectivity index (χ1v) is 10.2. The maximum absolute atomic E-state index is 13.1. The monoisotopic (exact) mass is 427 g/mol. The summed E-state index contributed by atoms with van der Waals surface area (Å²) in [5.74, 6) is 1.24. The van der Waals surface area contributed by atoms with E-state index in [1.54, 1.807) is 19.1 Å². The van der Waals surface area contributed by atoms with E-state index in [9.17, 15) is 9.59 Å². The molecular weight excluding hydrogens is 398 g/mol. The van der Waals surface area contributed by atoms with E-state index in [1.807, 2.05) is 44.2 Å². The minimum Gasteiger partial charge on any atom is -0.493 e. The number of aryl methyl sites for hydroxylation is 2. The number of hydrogen-bond acceptors (Lipinski definition) is 6. The van der Waals surface area contributed by atoms with Crippen molar-refractivity contribution in [2.24, 2.45) is 0 Å². The van der Waals surface area contributed by atoms with Gasteiger partial charge in [0.05, 0.1) is 33.8 Å². The second kappa shape index (κ2) is 9.73. The highest BCUT2D eigenvalue weighted by Gasteiger charge is 2.34. The normalized spacial score (nSPS) is 15.1. The van der Waals surface area contributed by atoms with Gasteiger partial charge in [0.25, 0.3) is 5.91 Å². The summed E-state index contributed by atoms with van der Waals surface area (Å²) in [4.78, 5) is 26.9. The minimum atomic E-state index is -0.466. The summed E-state index contributed by atoms with van der Waals surface area (Å²) in [7, 11) is 4.48. The summed E-state index contributed by atoms with van der Waals surface area (Å²) in [6, 6.07) is 9.01. The number of fused-ring (bicyclic) bond motifs is 1. The van der Waals surface area contributed by atoms with Crippen molar-refractivity contribution in [2.75, 3.05) is 34.5 Å². The predicted molar refractivity (Wildman–Crippen MR) is 116 cm³/mol. The molecule has 0 unspecified atom stereocenters. The van der Waals surface area contributed by atoms with E-state index in [-0.39, 0.29) is 24.9 Å². The first kappa shape index (κ1) is 22.5. The Balaban J connectivity index is 1.85. The second-order valence-electron chi connectivity index (χ2n) is 7.57. The Morgan fingerprint density at radius 1 is 1.00 bits per heavy atom. The van der Waals surface area contributed by atoms with Crippen LogP contribution >= 0.6 is 0 Å².